The van der Waals surface area contributed by atoms with Gasteiger partial charge in [-0.2, -0.15) is 4.98 Å². The first kappa shape index (κ1) is 23.5. The van der Waals surface area contributed by atoms with Gasteiger partial charge in [0.25, 0.3) is 0 Å². The van der Waals surface area contributed by atoms with Crippen LogP contribution in [0.5, 0.6) is 0 Å². The first-order valence-corrected chi connectivity index (χ1v) is 11.8. The third kappa shape index (κ3) is 4.98. The maximum Gasteiger partial charge on any atom is 0.354 e. The van der Waals surface area contributed by atoms with Crippen molar-refractivity contribution < 1.29 is 9.53 Å². The van der Waals surface area contributed by atoms with E-state index in [0.717, 1.165) is 19.3 Å². The molecule has 0 radical (unpaired) electrons. The van der Waals surface area contributed by atoms with Crippen LogP contribution in [-0.4, -0.2) is 27.2 Å². The Kier molecular flexibility index (Phi) is 6.62. The van der Waals surface area contributed by atoms with Gasteiger partial charge in [0.05, 0.1) is 19.1 Å². The lowest BCUT2D eigenvalue weighted by Gasteiger charge is -2.18. The molecular formula is C23H22ClIN4O4. The summed E-state index contributed by atoms with van der Waals surface area (Å²) in [5.41, 5.74) is 0.450. The largest absolute Gasteiger partial charge is 0.469 e. The number of ether oxygens (including phenoxy) is 1. The summed E-state index contributed by atoms with van der Waals surface area (Å²) in [6, 6.07) is 12.8. The van der Waals surface area contributed by atoms with E-state index in [2.05, 4.69) is 32.9 Å². The third-order valence-electron chi connectivity index (χ3n) is 5.75. The quantitative estimate of drug-likeness (QED) is 0.338. The van der Waals surface area contributed by atoms with E-state index in [4.69, 9.17) is 16.3 Å². The van der Waals surface area contributed by atoms with Gasteiger partial charge in [-0.3, -0.25) is 9.36 Å². The van der Waals surface area contributed by atoms with Gasteiger partial charge in [0.2, 0.25) is 5.95 Å². The van der Waals surface area contributed by atoms with Gasteiger partial charge in [0.15, 0.2) is 0 Å². The number of nitrogens with one attached hydrogen (secondary N) is 1. The molecule has 0 saturated heterocycles. The molecule has 1 heterocycles. The van der Waals surface area contributed by atoms with Crippen molar-refractivity contribution >= 4 is 51.8 Å². The standard InChI is InChI=1S/C23H22ClIN4O4/c1-14-11-17(7-8-18(14)25)26-20-27-21(31)29(13-23(9-10-23)19(30)33-2)22(32)28(20)12-15-3-5-16(24)6-4-15/h3-8,11H,9-10,12-13H2,1-2H3,(H,26,27,31). The van der Waals surface area contributed by atoms with E-state index in [1.807, 2.05) is 25.1 Å². The number of methoxy groups -OCH3 is 1. The Hall–Kier alpha value is -2.66. The highest BCUT2D eigenvalue weighted by molar-refractivity contribution is 14.1. The first-order valence-electron chi connectivity index (χ1n) is 10.3. The van der Waals surface area contributed by atoms with E-state index in [-0.39, 0.29) is 19.0 Å². The van der Waals surface area contributed by atoms with Crippen LogP contribution in [0.2, 0.25) is 5.02 Å². The van der Waals surface area contributed by atoms with Crippen molar-refractivity contribution in [2.75, 3.05) is 12.4 Å². The number of hydrogen-bond acceptors (Lipinski definition) is 6. The second-order valence-corrected chi connectivity index (χ2v) is 9.76. The van der Waals surface area contributed by atoms with Crippen LogP contribution in [0, 0.1) is 15.9 Å². The number of halogens is 2. The molecule has 10 heteroatoms. The molecule has 172 valence electrons. The fourth-order valence-corrected chi connectivity index (χ4v) is 4.08. The average molecular weight is 581 g/mol. The molecule has 1 saturated carbocycles. The molecular weight excluding hydrogens is 559 g/mol. The van der Waals surface area contributed by atoms with E-state index >= 15 is 0 Å². The molecule has 8 nitrogen and oxygen atoms in total. The topological polar surface area (TPSA) is 95.2 Å². The summed E-state index contributed by atoms with van der Waals surface area (Å²) >= 11 is 8.24. The zero-order valence-electron chi connectivity index (χ0n) is 18.1. The molecule has 0 atom stereocenters. The van der Waals surface area contributed by atoms with Gasteiger partial charge in [-0.15, -0.1) is 0 Å². The molecule has 33 heavy (non-hydrogen) atoms. The van der Waals surface area contributed by atoms with E-state index in [1.54, 1.807) is 24.3 Å². The minimum atomic E-state index is -0.848. The van der Waals surface area contributed by atoms with Crippen LogP contribution in [0.15, 0.2) is 52.1 Å². The molecule has 0 unspecified atom stereocenters. The molecule has 1 aliphatic carbocycles. The Bertz CT molecular complexity index is 1330. The number of esters is 1. The fraction of sp³-hybridized carbons (Fsp3) is 0.304. The number of benzene rings is 2. The van der Waals surface area contributed by atoms with Crippen molar-refractivity contribution in [3.8, 4) is 0 Å². The number of aromatic nitrogens is 3. The first-order chi connectivity index (χ1) is 15.7. The summed E-state index contributed by atoms with van der Waals surface area (Å²) in [6.07, 6.45) is 1.12. The predicted molar refractivity (Wildman–Crippen MR) is 134 cm³/mol. The maximum atomic E-state index is 13.5. The van der Waals surface area contributed by atoms with Gasteiger partial charge >= 0.3 is 17.3 Å². The van der Waals surface area contributed by atoms with Gasteiger partial charge in [-0.05, 0) is 83.8 Å². The highest BCUT2D eigenvalue weighted by atomic mass is 127. The van der Waals surface area contributed by atoms with Crippen molar-refractivity contribution in [2.24, 2.45) is 5.41 Å². The second-order valence-electron chi connectivity index (χ2n) is 8.16. The highest BCUT2D eigenvalue weighted by Crippen LogP contribution is 2.47. The number of anilines is 2. The summed E-state index contributed by atoms with van der Waals surface area (Å²) < 4.78 is 8.39. The number of carbonyl (C=O) groups is 1. The van der Waals surface area contributed by atoms with E-state index in [0.29, 0.717) is 23.6 Å². The van der Waals surface area contributed by atoms with Crippen LogP contribution in [0.4, 0.5) is 11.6 Å². The molecule has 1 N–H and O–H groups in total. The summed E-state index contributed by atoms with van der Waals surface area (Å²) in [4.78, 5) is 42.7. The van der Waals surface area contributed by atoms with Crippen molar-refractivity contribution in [2.45, 2.75) is 32.9 Å². The van der Waals surface area contributed by atoms with Crippen LogP contribution in [-0.2, 0) is 22.6 Å². The summed E-state index contributed by atoms with van der Waals surface area (Å²) in [6.45, 7) is 2.08. The molecule has 0 amide bonds. The number of hydrogen-bond donors (Lipinski definition) is 1. The van der Waals surface area contributed by atoms with Crippen molar-refractivity contribution in [3.05, 3.63) is 83.2 Å². The van der Waals surface area contributed by atoms with Crippen LogP contribution in [0.1, 0.15) is 24.0 Å². The Morgan fingerprint density at radius 1 is 1.18 bits per heavy atom. The SMILES string of the molecule is COC(=O)C1(Cn2c(=O)nc(Nc3ccc(I)c(C)c3)n(Cc3ccc(Cl)cc3)c2=O)CC1. The lowest BCUT2D eigenvalue weighted by Crippen LogP contribution is -2.45. The van der Waals surface area contributed by atoms with Crippen LogP contribution < -0.4 is 16.7 Å². The van der Waals surface area contributed by atoms with Crippen molar-refractivity contribution in [1.29, 1.82) is 0 Å². The normalized spacial score (nSPS) is 14.1. The number of aryl methyl sites for hydroxylation is 1. The summed E-state index contributed by atoms with van der Waals surface area (Å²) in [7, 11) is 1.30. The van der Waals surface area contributed by atoms with Crippen LogP contribution in [0.3, 0.4) is 0 Å². The van der Waals surface area contributed by atoms with Gasteiger partial charge in [0.1, 0.15) is 0 Å². The maximum absolute atomic E-state index is 13.5. The lowest BCUT2D eigenvalue weighted by atomic mass is 10.1. The molecule has 2 aromatic carbocycles. The smallest absolute Gasteiger partial charge is 0.354 e. The Morgan fingerprint density at radius 2 is 1.88 bits per heavy atom. The molecule has 1 aliphatic rings. The molecule has 0 aliphatic heterocycles. The summed E-state index contributed by atoms with van der Waals surface area (Å²) in [5, 5.41) is 3.69. The van der Waals surface area contributed by atoms with Gasteiger partial charge < -0.3 is 10.1 Å². The van der Waals surface area contributed by atoms with Crippen molar-refractivity contribution in [1.82, 2.24) is 14.1 Å². The molecule has 1 fully saturated rings. The highest BCUT2D eigenvalue weighted by Gasteiger charge is 2.52. The van der Waals surface area contributed by atoms with Gasteiger partial charge in [0, 0.05) is 20.8 Å². The lowest BCUT2D eigenvalue weighted by molar-refractivity contribution is -0.147. The third-order valence-corrected chi connectivity index (χ3v) is 7.21. The average Bonchev–Trinajstić information content (AvgIpc) is 3.58. The monoisotopic (exact) mass is 580 g/mol. The van der Waals surface area contributed by atoms with E-state index < -0.39 is 22.8 Å². The fourth-order valence-electron chi connectivity index (χ4n) is 3.62. The zero-order valence-corrected chi connectivity index (χ0v) is 21.0. The Balaban J connectivity index is 1.78. The molecule has 3 aromatic rings. The number of carbonyl (C=O) groups excluding carboxylic acids is 1. The predicted octanol–water partition coefficient (Wildman–Crippen LogP) is 3.72. The number of nitrogens with zero attached hydrogens (tertiary/aromatic N) is 3. The van der Waals surface area contributed by atoms with Crippen LogP contribution >= 0.6 is 34.2 Å². The van der Waals surface area contributed by atoms with E-state index in [1.165, 1.54) is 11.7 Å². The van der Waals surface area contributed by atoms with Gasteiger partial charge in [-0.25, -0.2) is 14.2 Å². The molecule has 1 aromatic heterocycles. The Morgan fingerprint density at radius 3 is 2.48 bits per heavy atom. The molecule has 0 spiro atoms. The molecule has 4 rings (SSSR count). The van der Waals surface area contributed by atoms with E-state index in [9.17, 15) is 14.4 Å². The van der Waals surface area contributed by atoms with Gasteiger partial charge in [-0.1, -0.05) is 23.7 Å². The summed E-state index contributed by atoms with van der Waals surface area (Å²) in [5.74, 6) is -0.297. The zero-order chi connectivity index (χ0) is 23.8. The molecule has 0 bridgehead atoms. The van der Waals surface area contributed by atoms with Crippen LogP contribution in [0.25, 0.3) is 0 Å². The Labute approximate surface area is 208 Å². The second kappa shape index (κ2) is 9.30. The minimum Gasteiger partial charge on any atom is -0.469 e. The minimum absolute atomic E-state index is 0.0616. The number of rotatable bonds is 7. The van der Waals surface area contributed by atoms with Crippen molar-refractivity contribution in [3.63, 3.8) is 0 Å².